The molecule has 0 amide bonds. The SMILES string of the molecule is c1ccc(-c2ccc3nc(-c4cc5sc(-c6nc7ccc(-c8ccccc8)cc7s6)cc5s4)sc3c2)cc1. The molecule has 0 fully saturated rings. The summed E-state index contributed by atoms with van der Waals surface area (Å²) < 4.78 is 5.05. The predicted molar refractivity (Wildman–Crippen MR) is 168 cm³/mol. The smallest absolute Gasteiger partial charge is 0.134 e. The standard InChI is InChI=1S/C32H18N2S4/c1-3-7-19(8-4-1)21-11-13-23-25(15-21)37-31(33-23)29-17-27-28(35-29)18-30(36-27)32-34-24-14-12-22(16-26(24)38-32)20-9-5-2-6-10-20/h1-18H. The molecule has 0 spiro atoms. The van der Waals surface area contributed by atoms with Crippen LogP contribution in [0.2, 0.25) is 0 Å². The van der Waals surface area contributed by atoms with Crippen LogP contribution in [0.5, 0.6) is 0 Å². The largest absolute Gasteiger partial charge is 0.235 e. The molecule has 38 heavy (non-hydrogen) atoms. The fraction of sp³-hybridized carbons (Fsp3) is 0. The van der Waals surface area contributed by atoms with Crippen LogP contribution >= 0.6 is 45.3 Å². The lowest BCUT2D eigenvalue weighted by Gasteiger charge is -2.00. The number of aromatic nitrogens is 2. The van der Waals surface area contributed by atoms with Crippen LogP contribution in [0.3, 0.4) is 0 Å². The number of thiazole rings is 2. The van der Waals surface area contributed by atoms with Gasteiger partial charge >= 0.3 is 0 Å². The van der Waals surface area contributed by atoms with Crippen LogP contribution in [0.15, 0.2) is 109 Å². The van der Waals surface area contributed by atoms with Gasteiger partial charge in [-0.1, -0.05) is 72.8 Å². The van der Waals surface area contributed by atoms with Crippen LogP contribution in [0.4, 0.5) is 0 Å². The first-order chi connectivity index (χ1) is 18.8. The number of rotatable bonds is 4. The Morgan fingerprint density at radius 3 is 1.26 bits per heavy atom. The lowest BCUT2D eigenvalue weighted by molar-refractivity contribution is 1.50. The second kappa shape index (κ2) is 8.96. The summed E-state index contributed by atoms with van der Waals surface area (Å²) in [6.07, 6.45) is 0. The quantitative estimate of drug-likeness (QED) is 0.215. The highest BCUT2D eigenvalue weighted by Gasteiger charge is 2.16. The summed E-state index contributed by atoms with van der Waals surface area (Å²) in [7, 11) is 0. The zero-order chi connectivity index (χ0) is 25.1. The van der Waals surface area contributed by atoms with E-state index in [1.165, 1.54) is 50.8 Å². The molecule has 4 heterocycles. The number of fused-ring (bicyclic) bond motifs is 3. The van der Waals surface area contributed by atoms with Gasteiger partial charge in [0.25, 0.3) is 0 Å². The molecule has 2 nitrogen and oxygen atoms in total. The Kier molecular flexibility index (Phi) is 5.26. The number of benzene rings is 4. The maximum atomic E-state index is 4.96. The first-order valence-corrected chi connectivity index (χ1v) is 15.5. The van der Waals surface area contributed by atoms with Gasteiger partial charge in [-0.05, 0) is 58.7 Å². The maximum absolute atomic E-state index is 4.96. The molecule has 6 heteroatoms. The molecule has 0 aliphatic rings. The average Bonchev–Trinajstić information content (AvgIpc) is 3.74. The van der Waals surface area contributed by atoms with Gasteiger partial charge in [-0.25, -0.2) is 9.97 Å². The van der Waals surface area contributed by atoms with Gasteiger partial charge in [-0.3, -0.25) is 0 Å². The Bertz CT molecular complexity index is 1900. The lowest BCUT2D eigenvalue weighted by atomic mass is 10.1. The van der Waals surface area contributed by atoms with E-state index in [1.807, 2.05) is 22.7 Å². The molecular weight excluding hydrogens is 541 g/mol. The van der Waals surface area contributed by atoms with E-state index >= 15 is 0 Å². The van der Waals surface area contributed by atoms with E-state index in [-0.39, 0.29) is 0 Å². The van der Waals surface area contributed by atoms with Gasteiger partial charge in [0.15, 0.2) is 0 Å². The molecule has 0 aliphatic heterocycles. The Balaban J connectivity index is 1.11. The predicted octanol–water partition coefficient (Wildman–Crippen LogP) is 10.9. The molecule has 4 aromatic carbocycles. The van der Waals surface area contributed by atoms with E-state index in [9.17, 15) is 0 Å². The van der Waals surface area contributed by atoms with Gasteiger partial charge in [0, 0.05) is 9.40 Å². The van der Waals surface area contributed by atoms with Crippen molar-refractivity contribution in [2.24, 2.45) is 0 Å². The van der Waals surface area contributed by atoms with Gasteiger partial charge in [0.2, 0.25) is 0 Å². The summed E-state index contributed by atoms with van der Waals surface area (Å²) in [6, 6.07) is 38.8. The molecule has 0 aliphatic carbocycles. The summed E-state index contributed by atoms with van der Waals surface area (Å²) in [6.45, 7) is 0. The molecule has 8 rings (SSSR count). The summed E-state index contributed by atoms with van der Waals surface area (Å²) >= 11 is 7.20. The van der Waals surface area contributed by atoms with Gasteiger partial charge in [-0.15, -0.1) is 45.3 Å². The first kappa shape index (κ1) is 22.3. The molecule has 0 radical (unpaired) electrons. The van der Waals surface area contributed by atoms with Crippen LogP contribution in [-0.2, 0) is 0 Å². The van der Waals surface area contributed by atoms with Crippen LogP contribution in [-0.4, -0.2) is 9.97 Å². The second-order valence-electron chi connectivity index (χ2n) is 9.08. The van der Waals surface area contributed by atoms with Gasteiger partial charge in [-0.2, -0.15) is 0 Å². The summed E-state index contributed by atoms with van der Waals surface area (Å²) in [5, 5.41) is 2.18. The van der Waals surface area contributed by atoms with Crippen molar-refractivity contribution >= 4 is 75.2 Å². The number of hydrogen-bond acceptors (Lipinski definition) is 6. The maximum Gasteiger partial charge on any atom is 0.134 e. The molecule has 0 atom stereocenters. The van der Waals surface area contributed by atoms with Crippen LogP contribution in [0.25, 0.3) is 71.9 Å². The molecule has 0 saturated carbocycles. The zero-order valence-electron chi connectivity index (χ0n) is 19.9. The number of hydrogen-bond donors (Lipinski definition) is 0. The van der Waals surface area contributed by atoms with E-state index in [2.05, 4.69) is 109 Å². The molecule has 8 aromatic rings. The van der Waals surface area contributed by atoms with Gasteiger partial charge in [0.05, 0.1) is 30.2 Å². The third-order valence-corrected chi connectivity index (χ3v) is 11.3. The second-order valence-corrected chi connectivity index (χ2v) is 13.3. The van der Waals surface area contributed by atoms with Crippen molar-refractivity contribution < 1.29 is 0 Å². The van der Waals surface area contributed by atoms with E-state index in [0.29, 0.717) is 0 Å². The summed E-state index contributed by atoms with van der Waals surface area (Å²) in [5.74, 6) is 0. The Morgan fingerprint density at radius 2 is 0.816 bits per heavy atom. The van der Waals surface area contributed by atoms with Crippen molar-refractivity contribution in [1.29, 1.82) is 0 Å². The Morgan fingerprint density at radius 1 is 0.368 bits per heavy atom. The Hall–Kier alpha value is -3.68. The van der Waals surface area contributed by atoms with E-state index in [0.717, 1.165) is 21.0 Å². The number of nitrogens with zero attached hydrogens (tertiary/aromatic N) is 2. The molecule has 4 aromatic heterocycles. The van der Waals surface area contributed by atoms with Crippen molar-refractivity contribution in [2.45, 2.75) is 0 Å². The first-order valence-electron chi connectivity index (χ1n) is 12.2. The average molecular weight is 559 g/mol. The highest BCUT2D eigenvalue weighted by atomic mass is 32.1. The van der Waals surface area contributed by atoms with Crippen molar-refractivity contribution in [3.63, 3.8) is 0 Å². The fourth-order valence-electron chi connectivity index (χ4n) is 4.73. The minimum atomic E-state index is 1.06. The van der Waals surface area contributed by atoms with Crippen molar-refractivity contribution in [1.82, 2.24) is 9.97 Å². The highest BCUT2D eigenvalue weighted by molar-refractivity contribution is 7.34. The van der Waals surface area contributed by atoms with Gasteiger partial charge < -0.3 is 0 Å². The highest BCUT2D eigenvalue weighted by Crippen LogP contribution is 2.45. The third kappa shape index (κ3) is 3.89. The monoisotopic (exact) mass is 558 g/mol. The molecule has 0 N–H and O–H groups in total. The molecule has 0 saturated heterocycles. The molecular formula is C32H18N2S4. The number of thiophene rings is 2. The summed E-state index contributed by atoms with van der Waals surface area (Å²) in [4.78, 5) is 12.4. The van der Waals surface area contributed by atoms with Crippen molar-refractivity contribution in [3.8, 4) is 42.0 Å². The van der Waals surface area contributed by atoms with E-state index in [1.54, 1.807) is 22.7 Å². The van der Waals surface area contributed by atoms with E-state index < -0.39 is 0 Å². The minimum Gasteiger partial charge on any atom is -0.235 e. The molecule has 0 unspecified atom stereocenters. The fourth-order valence-corrected chi connectivity index (χ4v) is 9.22. The topological polar surface area (TPSA) is 25.8 Å². The normalized spacial score (nSPS) is 11.7. The lowest BCUT2D eigenvalue weighted by Crippen LogP contribution is -1.76. The van der Waals surface area contributed by atoms with Crippen molar-refractivity contribution in [3.05, 3.63) is 109 Å². The third-order valence-electron chi connectivity index (χ3n) is 6.62. The summed E-state index contributed by atoms with van der Waals surface area (Å²) in [5.41, 5.74) is 7.06. The molecule has 0 bridgehead atoms. The minimum absolute atomic E-state index is 1.06. The zero-order valence-corrected chi connectivity index (χ0v) is 23.2. The van der Waals surface area contributed by atoms with Crippen molar-refractivity contribution in [2.75, 3.05) is 0 Å². The van der Waals surface area contributed by atoms with E-state index in [4.69, 9.17) is 9.97 Å². The molecule has 180 valence electrons. The van der Waals surface area contributed by atoms with Crippen LogP contribution in [0.1, 0.15) is 0 Å². The van der Waals surface area contributed by atoms with Crippen LogP contribution in [0, 0.1) is 0 Å². The Labute approximate surface area is 235 Å². The van der Waals surface area contributed by atoms with Crippen LogP contribution < -0.4 is 0 Å². The van der Waals surface area contributed by atoms with Gasteiger partial charge in [0.1, 0.15) is 10.0 Å².